The van der Waals surface area contributed by atoms with E-state index in [4.69, 9.17) is 23.2 Å². The maximum atomic E-state index is 12.0. The minimum absolute atomic E-state index is 0.115. The molecule has 1 fully saturated rings. The Bertz CT molecular complexity index is 447. The van der Waals surface area contributed by atoms with Crippen LogP contribution in [-0.4, -0.2) is 17.8 Å². The molecule has 0 radical (unpaired) electrons. The molecule has 2 nitrogen and oxygen atoms in total. The Morgan fingerprint density at radius 3 is 2.83 bits per heavy atom. The fraction of sp³-hybridized carbons (Fsp3) is 0.500. The van der Waals surface area contributed by atoms with Crippen LogP contribution < -0.4 is 5.32 Å². The number of carbonyl (C=O) groups excluding carboxylic acids is 1. The number of halogens is 2. The zero-order chi connectivity index (χ0) is 13.1. The highest BCUT2D eigenvalue weighted by molar-refractivity contribution is 6.33. The SMILES string of the molecule is Cc1ccc(C(=O)NCC2CCCC2Cl)c(Cl)c1. The lowest BCUT2D eigenvalue weighted by molar-refractivity contribution is 0.0948. The van der Waals surface area contributed by atoms with Crippen LogP contribution in [0, 0.1) is 12.8 Å². The van der Waals surface area contributed by atoms with Crippen molar-refractivity contribution in [1.29, 1.82) is 0 Å². The first kappa shape index (κ1) is 13.7. The number of rotatable bonds is 3. The van der Waals surface area contributed by atoms with Crippen LogP contribution in [-0.2, 0) is 0 Å². The molecular formula is C14H17Cl2NO. The number of hydrogen-bond acceptors (Lipinski definition) is 1. The lowest BCUT2D eigenvalue weighted by Crippen LogP contribution is -2.31. The van der Waals surface area contributed by atoms with Crippen molar-refractivity contribution in [1.82, 2.24) is 5.32 Å². The molecule has 0 saturated heterocycles. The molecule has 0 bridgehead atoms. The van der Waals surface area contributed by atoms with Crippen molar-refractivity contribution in [2.75, 3.05) is 6.54 Å². The first-order chi connectivity index (χ1) is 8.58. The fourth-order valence-electron chi connectivity index (χ4n) is 2.34. The molecule has 2 unspecified atom stereocenters. The number of nitrogens with one attached hydrogen (secondary N) is 1. The van der Waals surface area contributed by atoms with Gasteiger partial charge in [-0.05, 0) is 43.4 Å². The summed E-state index contributed by atoms with van der Waals surface area (Å²) in [5, 5.41) is 3.62. The average molecular weight is 286 g/mol. The van der Waals surface area contributed by atoms with Gasteiger partial charge in [0.1, 0.15) is 0 Å². The van der Waals surface area contributed by atoms with E-state index in [-0.39, 0.29) is 11.3 Å². The van der Waals surface area contributed by atoms with Gasteiger partial charge in [-0.25, -0.2) is 0 Å². The Morgan fingerprint density at radius 2 is 2.22 bits per heavy atom. The Kier molecular flexibility index (Phi) is 4.52. The van der Waals surface area contributed by atoms with Gasteiger partial charge in [0.05, 0.1) is 10.6 Å². The molecule has 1 aromatic rings. The van der Waals surface area contributed by atoms with Gasteiger partial charge in [-0.1, -0.05) is 24.1 Å². The van der Waals surface area contributed by atoms with Crippen molar-refractivity contribution < 1.29 is 4.79 Å². The maximum absolute atomic E-state index is 12.0. The number of carbonyl (C=O) groups is 1. The molecule has 0 spiro atoms. The molecule has 2 atom stereocenters. The second-order valence-corrected chi connectivity index (χ2v) is 5.87. The number of benzene rings is 1. The first-order valence-electron chi connectivity index (χ1n) is 6.26. The number of alkyl halides is 1. The van der Waals surface area contributed by atoms with E-state index in [1.54, 1.807) is 12.1 Å². The lowest BCUT2D eigenvalue weighted by Gasteiger charge is -2.15. The molecule has 1 aliphatic rings. The highest BCUT2D eigenvalue weighted by atomic mass is 35.5. The molecule has 1 saturated carbocycles. The van der Waals surface area contributed by atoms with Crippen LogP contribution in [0.15, 0.2) is 18.2 Å². The summed E-state index contributed by atoms with van der Waals surface area (Å²) in [6.07, 6.45) is 3.30. The second kappa shape index (κ2) is 5.94. The third-order valence-electron chi connectivity index (χ3n) is 3.46. The molecule has 2 rings (SSSR count). The minimum Gasteiger partial charge on any atom is -0.352 e. The molecule has 18 heavy (non-hydrogen) atoms. The van der Waals surface area contributed by atoms with Crippen molar-refractivity contribution in [3.8, 4) is 0 Å². The van der Waals surface area contributed by atoms with Gasteiger partial charge in [0.15, 0.2) is 0 Å². The van der Waals surface area contributed by atoms with Gasteiger partial charge in [-0.2, -0.15) is 0 Å². The Balaban J connectivity index is 1.95. The number of hydrogen-bond donors (Lipinski definition) is 1. The zero-order valence-corrected chi connectivity index (χ0v) is 11.9. The van der Waals surface area contributed by atoms with Crippen molar-refractivity contribution in [2.24, 2.45) is 5.92 Å². The predicted molar refractivity (Wildman–Crippen MR) is 75.5 cm³/mol. The van der Waals surface area contributed by atoms with Gasteiger partial charge in [0, 0.05) is 11.9 Å². The molecule has 98 valence electrons. The summed E-state index contributed by atoms with van der Waals surface area (Å²) >= 11 is 12.2. The van der Waals surface area contributed by atoms with E-state index < -0.39 is 0 Å². The van der Waals surface area contributed by atoms with Crippen LogP contribution in [0.3, 0.4) is 0 Å². The van der Waals surface area contributed by atoms with E-state index in [9.17, 15) is 4.79 Å². The Labute approximate surface area is 118 Å². The summed E-state index contributed by atoms with van der Waals surface area (Å²) in [7, 11) is 0. The van der Waals surface area contributed by atoms with Crippen molar-refractivity contribution in [2.45, 2.75) is 31.6 Å². The lowest BCUT2D eigenvalue weighted by atomic mass is 10.1. The topological polar surface area (TPSA) is 29.1 Å². The van der Waals surface area contributed by atoms with E-state index in [0.29, 0.717) is 23.0 Å². The zero-order valence-electron chi connectivity index (χ0n) is 10.4. The van der Waals surface area contributed by atoms with Crippen LogP contribution in [0.4, 0.5) is 0 Å². The highest BCUT2D eigenvalue weighted by Crippen LogP contribution is 2.29. The summed E-state index contributed by atoms with van der Waals surface area (Å²) in [6, 6.07) is 5.46. The fourth-order valence-corrected chi connectivity index (χ4v) is 3.04. The van der Waals surface area contributed by atoms with Gasteiger partial charge in [-0.3, -0.25) is 4.79 Å². The third kappa shape index (κ3) is 3.18. The van der Waals surface area contributed by atoms with Crippen LogP contribution in [0.2, 0.25) is 5.02 Å². The van der Waals surface area contributed by atoms with Gasteiger partial charge >= 0.3 is 0 Å². The van der Waals surface area contributed by atoms with Crippen molar-refractivity contribution >= 4 is 29.1 Å². The summed E-state index contributed by atoms with van der Waals surface area (Å²) in [5.74, 6) is 0.274. The summed E-state index contributed by atoms with van der Waals surface area (Å²) < 4.78 is 0. The van der Waals surface area contributed by atoms with Crippen LogP contribution in [0.1, 0.15) is 35.2 Å². The van der Waals surface area contributed by atoms with Crippen molar-refractivity contribution in [3.63, 3.8) is 0 Å². The Hall–Kier alpha value is -0.730. The number of amides is 1. The molecule has 1 aromatic carbocycles. The summed E-state index contributed by atoms with van der Waals surface area (Å²) in [5.41, 5.74) is 1.58. The van der Waals surface area contributed by atoms with Crippen LogP contribution in [0.25, 0.3) is 0 Å². The molecule has 4 heteroatoms. The molecule has 1 amide bonds. The normalized spacial score (nSPS) is 23.1. The van der Waals surface area contributed by atoms with Gasteiger partial charge < -0.3 is 5.32 Å². The first-order valence-corrected chi connectivity index (χ1v) is 7.08. The van der Waals surface area contributed by atoms with E-state index in [1.807, 2.05) is 13.0 Å². The molecular weight excluding hydrogens is 269 g/mol. The molecule has 0 aromatic heterocycles. The van der Waals surface area contributed by atoms with Crippen molar-refractivity contribution in [3.05, 3.63) is 34.3 Å². The highest BCUT2D eigenvalue weighted by Gasteiger charge is 2.25. The number of aryl methyl sites for hydroxylation is 1. The van der Waals surface area contributed by atoms with Gasteiger partial charge in [0.25, 0.3) is 5.91 Å². The average Bonchev–Trinajstić information content (AvgIpc) is 2.72. The molecule has 0 aliphatic heterocycles. The Morgan fingerprint density at radius 1 is 1.44 bits per heavy atom. The van der Waals surface area contributed by atoms with Gasteiger partial charge in [0.2, 0.25) is 0 Å². The molecule has 1 aliphatic carbocycles. The minimum atomic E-state index is -0.115. The predicted octanol–water partition coefficient (Wildman–Crippen LogP) is 3.79. The van der Waals surface area contributed by atoms with Gasteiger partial charge in [-0.15, -0.1) is 11.6 Å². The molecule has 1 N–H and O–H groups in total. The quantitative estimate of drug-likeness (QED) is 0.842. The van der Waals surface area contributed by atoms with Crippen LogP contribution in [0.5, 0.6) is 0 Å². The molecule has 0 heterocycles. The van der Waals surface area contributed by atoms with E-state index in [0.717, 1.165) is 24.8 Å². The largest absolute Gasteiger partial charge is 0.352 e. The summed E-state index contributed by atoms with van der Waals surface area (Å²) in [6.45, 7) is 2.58. The monoisotopic (exact) mass is 285 g/mol. The smallest absolute Gasteiger partial charge is 0.252 e. The second-order valence-electron chi connectivity index (χ2n) is 4.90. The summed E-state index contributed by atoms with van der Waals surface area (Å²) in [4.78, 5) is 12.0. The van der Waals surface area contributed by atoms with E-state index in [1.165, 1.54) is 0 Å². The van der Waals surface area contributed by atoms with Crippen LogP contribution >= 0.6 is 23.2 Å². The maximum Gasteiger partial charge on any atom is 0.252 e. The van der Waals surface area contributed by atoms with E-state index >= 15 is 0 Å². The third-order valence-corrected chi connectivity index (χ3v) is 4.35. The standard InChI is InChI=1S/C14H17Cl2NO/c1-9-5-6-11(13(16)7-9)14(18)17-8-10-3-2-4-12(10)15/h5-7,10,12H,2-4,8H2,1H3,(H,17,18). The van der Waals surface area contributed by atoms with E-state index in [2.05, 4.69) is 5.32 Å².